The van der Waals surface area contributed by atoms with E-state index in [2.05, 4.69) is 5.32 Å². The molecule has 0 spiro atoms. The molecule has 3 aromatic rings. The Kier molecular flexibility index (Phi) is 3.59. The Morgan fingerprint density at radius 1 is 0.909 bits per heavy atom. The van der Waals surface area contributed by atoms with E-state index in [9.17, 15) is 4.79 Å². The van der Waals surface area contributed by atoms with Gasteiger partial charge in [-0.05, 0) is 38.1 Å². The lowest BCUT2D eigenvalue weighted by Gasteiger charge is -2.07. The van der Waals surface area contributed by atoms with Crippen LogP contribution in [0.4, 0.5) is 11.4 Å². The number of anilines is 2. The highest BCUT2D eigenvalue weighted by molar-refractivity contribution is 5.62. The van der Waals surface area contributed by atoms with Crippen LogP contribution in [0, 0.1) is 13.8 Å². The van der Waals surface area contributed by atoms with Crippen molar-refractivity contribution in [2.45, 2.75) is 13.8 Å². The SMILES string of the molecule is Cc1ccc(Nc2c(C)n(C)n(-c3ccccc3)c2=O)cc1. The zero-order valence-corrected chi connectivity index (χ0v) is 13.0. The highest BCUT2D eigenvalue weighted by atomic mass is 16.1. The third kappa shape index (κ3) is 2.44. The molecule has 0 fully saturated rings. The fraction of sp³-hybridized carbons (Fsp3) is 0.167. The van der Waals surface area contributed by atoms with Crippen molar-refractivity contribution in [3.05, 3.63) is 76.2 Å². The van der Waals surface area contributed by atoms with Crippen LogP contribution < -0.4 is 10.9 Å². The molecule has 0 bridgehead atoms. The van der Waals surface area contributed by atoms with Gasteiger partial charge in [0.15, 0.2) is 0 Å². The monoisotopic (exact) mass is 293 g/mol. The molecule has 0 atom stereocenters. The molecule has 0 amide bonds. The largest absolute Gasteiger partial charge is 0.349 e. The first-order chi connectivity index (χ1) is 10.6. The van der Waals surface area contributed by atoms with Crippen molar-refractivity contribution in [2.75, 3.05) is 5.32 Å². The van der Waals surface area contributed by atoms with Crippen molar-refractivity contribution < 1.29 is 0 Å². The zero-order chi connectivity index (χ0) is 15.7. The summed E-state index contributed by atoms with van der Waals surface area (Å²) in [7, 11) is 1.89. The first kappa shape index (κ1) is 14.2. The molecule has 22 heavy (non-hydrogen) atoms. The van der Waals surface area contributed by atoms with E-state index in [4.69, 9.17) is 0 Å². The van der Waals surface area contributed by atoms with Crippen LogP contribution in [0.5, 0.6) is 0 Å². The predicted molar refractivity (Wildman–Crippen MR) is 90.2 cm³/mol. The minimum Gasteiger partial charge on any atom is -0.349 e. The Balaban J connectivity index is 2.07. The number of hydrogen-bond acceptors (Lipinski definition) is 2. The van der Waals surface area contributed by atoms with Crippen LogP contribution in [0.2, 0.25) is 0 Å². The van der Waals surface area contributed by atoms with Crippen LogP contribution in [0.3, 0.4) is 0 Å². The average molecular weight is 293 g/mol. The molecule has 0 aliphatic heterocycles. The van der Waals surface area contributed by atoms with E-state index in [0.29, 0.717) is 5.69 Å². The molecule has 1 heterocycles. The quantitative estimate of drug-likeness (QED) is 0.802. The maximum absolute atomic E-state index is 12.8. The maximum atomic E-state index is 12.8. The molecule has 0 aliphatic rings. The summed E-state index contributed by atoms with van der Waals surface area (Å²) in [5, 5.41) is 3.24. The van der Waals surface area contributed by atoms with Crippen molar-refractivity contribution in [1.29, 1.82) is 0 Å². The van der Waals surface area contributed by atoms with Gasteiger partial charge in [-0.15, -0.1) is 0 Å². The van der Waals surface area contributed by atoms with E-state index in [1.165, 1.54) is 5.56 Å². The lowest BCUT2D eigenvalue weighted by Crippen LogP contribution is -2.20. The van der Waals surface area contributed by atoms with E-state index >= 15 is 0 Å². The van der Waals surface area contributed by atoms with Gasteiger partial charge in [-0.1, -0.05) is 35.9 Å². The molecular formula is C18H19N3O. The van der Waals surface area contributed by atoms with Gasteiger partial charge in [0.25, 0.3) is 5.56 Å². The molecule has 4 heteroatoms. The highest BCUT2D eigenvalue weighted by Gasteiger charge is 2.15. The Morgan fingerprint density at radius 2 is 1.55 bits per heavy atom. The second-order valence-electron chi connectivity index (χ2n) is 5.43. The molecule has 2 aromatic carbocycles. The third-order valence-corrected chi connectivity index (χ3v) is 3.88. The summed E-state index contributed by atoms with van der Waals surface area (Å²) in [6, 6.07) is 17.7. The van der Waals surface area contributed by atoms with Gasteiger partial charge < -0.3 is 5.32 Å². The molecule has 4 nitrogen and oxygen atoms in total. The van der Waals surface area contributed by atoms with Crippen molar-refractivity contribution in [2.24, 2.45) is 7.05 Å². The van der Waals surface area contributed by atoms with E-state index in [-0.39, 0.29) is 5.56 Å². The lowest BCUT2D eigenvalue weighted by molar-refractivity contribution is 0.630. The molecule has 0 radical (unpaired) electrons. The number of nitrogens with zero attached hydrogens (tertiary/aromatic N) is 2. The minimum atomic E-state index is -0.0493. The number of hydrogen-bond donors (Lipinski definition) is 1. The van der Waals surface area contributed by atoms with E-state index in [1.807, 2.05) is 80.2 Å². The second-order valence-corrected chi connectivity index (χ2v) is 5.43. The smallest absolute Gasteiger partial charge is 0.295 e. The lowest BCUT2D eigenvalue weighted by atomic mass is 10.2. The third-order valence-electron chi connectivity index (χ3n) is 3.88. The molecule has 0 saturated carbocycles. The first-order valence-corrected chi connectivity index (χ1v) is 7.25. The standard InChI is InChI=1S/C18H19N3O/c1-13-9-11-15(12-10-13)19-17-14(2)20(3)21(18(17)22)16-7-5-4-6-8-16/h4-12,19H,1-3H3. The molecule has 0 saturated heterocycles. The van der Waals surface area contributed by atoms with E-state index < -0.39 is 0 Å². The molecule has 1 N–H and O–H groups in total. The van der Waals surface area contributed by atoms with Crippen molar-refractivity contribution in [3.8, 4) is 5.69 Å². The van der Waals surface area contributed by atoms with Crippen LogP contribution >= 0.6 is 0 Å². The van der Waals surface area contributed by atoms with Crippen molar-refractivity contribution >= 4 is 11.4 Å². The summed E-state index contributed by atoms with van der Waals surface area (Å²) in [4.78, 5) is 12.8. The van der Waals surface area contributed by atoms with Gasteiger partial charge in [-0.25, -0.2) is 4.68 Å². The Hall–Kier alpha value is -2.75. The minimum absolute atomic E-state index is 0.0493. The Bertz CT molecular complexity index is 843. The summed E-state index contributed by atoms with van der Waals surface area (Å²) in [6.45, 7) is 3.98. The van der Waals surface area contributed by atoms with E-state index in [0.717, 1.165) is 17.1 Å². The van der Waals surface area contributed by atoms with Crippen molar-refractivity contribution in [3.63, 3.8) is 0 Å². The van der Waals surface area contributed by atoms with Gasteiger partial charge in [0.2, 0.25) is 0 Å². The molecule has 1 aromatic heterocycles. The number of rotatable bonds is 3. The molecular weight excluding hydrogens is 274 g/mol. The van der Waals surface area contributed by atoms with Gasteiger partial charge in [0.05, 0.1) is 11.4 Å². The summed E-state index contributed by atoms with van der Waals surface area (Å²) >= 11 is 0. The van der Waals surface area contributed by atoms with Crippen LogP contribution in [0.25, 0.3) is 5.69 Å². The molecule has 112 valence electrons. The van der Waals surface area contributed by atoms with Crippen molar-refractivity contribution in [1.82, 2.24) is 9.36 Å². The van der Waals surface area contributed by atoms with E-state index in [1.54, 1.807) is 4.68 Å². The number of benzene rings is 2. The van der Waals surface area contributed by atoms with Crippen LogP contribution in [-0.2, 0) is 7.05 Å². The van der Waals surface area contributed by atoms with Gasteiger partial charge in [-0.2, -0.15) is 0 Å². The number of para-hydroxylation sites is 1. The topological polar surface area (TPSA) is 39.0 Å². The van der Waals surface area contributed by atoms with Gasteiger partial charge in [0, 0.05) is 12.7 Å². The number of aryl methyl sites for hydroxylation is 1. The summed E-state index contributed by atoms with van der Waals surface area (Å²) in [5.74, 6) is 0. The maximum Gasteiger partial charge on any atom is 0.295 e. The fourth-order valence-corrected chi connectivity index (χ4v) is 2.49. The van der Waals surface area contributed by atoms with Crippen LogP contribution in [0.1, 0.15) is 11.3 Å². The average Bonchev–Trinajstić information content (AvgIpc) is 2.74. The summed E-state index contributed by atoms with van der Waals surface area (Å²) in [6.07, 6.45) is 0. The zero-order valence-electron chi connectivity index (χ0n) is 13.0. The summed E-state index contributed by atoms with van der Waals surface area (Å²) in [5.41, 5.74) is 4.42. The number of aromatic nitrogens is 2. The Morgan fingerprint density at radius 3 is 2.18 bits per heavy atom. The van der Waals surface area contributed by atoms with Gasteiger partial charge >= 0.3 is 0 Å². The molecule has 3 rings (SSSR count). The highest BCUT2D eigenvalue weighted by Crippen LogP contribution is 2.19. The first-order valence-electron chi connectivity index (χ1n) is 7.25. The molecule has 0 unspecified atom stereocenters. The number of nitrogens with one attached hydrogen (secondary N) is 1. The van der Waals surface area contributed by atoms with Crippen LogP contribution in [0.15, 0.2) is 59.4 Å². The Labute approximate surface area is 129 Å². The normalized spacial score (nSPS) is 10.7. The predicted octanol–water partition coefficient (Wildman–Crippen LogP) is 3.54. The molecule has 0 aliphatic carbocycles. The second kappa shape index (κ2) is 5.56. The van der Waals surface area contributed by atoms with Crippen LogP contribution in [-0.4, -0.2) is 9.36 Å². The van der Waals surface area contributed by atoms with Gasteiger partial charge in [0.1, 0.15) is 5.69 Å². The fourth-order valence-electron chi connectivity index (χ4n) is 2.49. The van der Waals surface area contributed by atoms with Gasteiger partial charge in [-0.3, -0.25) is 9.48 Å². The summed E-state index contributed by atoms with van der Waals surface area (Å²) < 4.78 is 3.54.